The van der Waals surface area contributed by atoms with Crippen molar-refractivity contribution in [2.24, 2.45) is 0 Å². The highest BCUT2D eigenvalue weighted by atomic mass is 15.2. The summed E-state index contributed by atoms with van der Waals surface area (Å²) in [5.74, 6) is 1.08. The summed E-state index contributed by atoms with van der Waals surface area (Å²) >= 11 is 0. The fourth-order valence-electron chi connectivity index (χ4n) is 1.18. The Labute approximate surface area is 91.6 Å². The van der Waals surface area contributed by atoms with Crippen molar-refractivity contribution in [1.29, 1.82) is 5.26 Å². The SMILES string of the molecule is CC(Nc1nccc(C#N)n1)c1ncn[nH]1. The Balaban J connectivity index is 2.12. The number of anilines is 1. The van der Waals surface area contributed by atoms with E-state index in [1.54, 1.807) is 6.07 Å². The van der Waals surface area contributed by atoms with Gasteiger partial charge in [0, 0.05) is 6.20 Å². The molecule has 0 aliphatic heterocycles. The highest BCUT2D eigenvalue weighted by Gasteiger charge is 2.09. The number of aromatic amines is 1. The summed E-state index contributed by atoms with van der Waals surface area (Å²) in [6.07, 6.45) is 2.96. The normalized spacial score (nSPS) is 11.8. The van der Waals surface area contributed by atoms with E-state index in [0.717, 1.165) is 0 Å². The van der Waals surface area contributed by atoms with E-state index in [0.29, 0.717) is 17.5 Å². The maximum absolute atomic E-state index is 8.68. The van der Waals surface area contributed by atoms with Crippen LogP contribution < -0.4 is 5.32 Å². The van der Waals surface area contributed by atoms with Gasteiger partial charge in [0.25, 0.3) is 0 Å². The number of nitriles is 1. The van der Waals surface area contributed by atoms with Crippen LogP contribution in [-0.4, -0.2) is 25.1 Å². The Morgan fingerprint density at radius 2 is 2.38 bits per heavy atom. The summed E-state index contributed by atoms with van der Waals surface area (Å²) in [5, 5.41) is 18.2. The van der Waals surface area contributed by atoms with Crippen LogP contribution in [0, 0.1) is 11.3 Å². The predicted octanol–water partition coefficient (Wildman–Crippen LogP) is 0.639. The average Bonchev–Trinajstić information content (AvgIpc) is 2.83. The molecule has 0 spiro atoms. The Morgan fingerprint density at radius 3 is 3.06 bits per heavy atom. The molecule has 7 nitrogen and oxygen atoms in total. The second kappa shape index (κ2) is 4.35. The van der Waals surface area contributed by atoms with Crippen molar-refractivity contribution in [2.75, 3.05) is 5.32 Å². The van der Waals surface area contributed by atoms with Gasteiger partial charge in [-0.25, -0.2) is 15.0 Å². The molecular weight excluding hydrogens is 206 g/mol. The molecule has 2 rings (SSSR count). The minimum absolute atomic E-state index is 0.101. The van der Waals surface area contributed by atoms with E-state index in [-0.39, 0.29) is 6.04 Å². The molecule has 0 aliphatic carbocycles. The van der Waals surface area contributed by atoms with E-state index in [4.69, 9.17) is 5.26 Å². The van der Waals surface area contributed by atoms with Crippen molar-refractivity contribution in [3.63, 3.8) is 0 Å². The van der Waals surface area contributed by atoms with Crippen LogP contribution in [0.25, 0.3) is 0 Å². The molecule has 0 fully saturated rings. The number of aromatic nitrogens is 5. The lowest BCUT2D eigenvalue weighted by Gasteiger charge is -2.10. The van der Waals surface area contributed by atoms with Gasteiger partial charge in [-0.15, -0.1) is 0 Å². The topological polar surface area (TPSA) is 103 Å². The lowest BCUT2D eigenvalue weighted by molar-refractivity contribution is 0.782. The zero-order chi connectivity index (χ0) is 11.4. The van der Waals surface area contributed by atoms with Gasteiger partial charge in [-0.1, -0.05) is 0 Å². The van der Waals surface area contributed by atoms with Crippen LogP contribution in [0.1, 0.15) is 24.5 Å². The van der Waals surface area contributed by atoms with E-state index in [1.807, 2.05) is 13.0 Å². The quantitative estimate of drug-likeness (QED) is 0.778. The molecule has 80 valence electrons. The van der Waals surface area contributed by atoms with Gasteiger partial charge in [-0.2, -0.15) is 10.4 Å². The molecule has 16 heavy (non-hydrogen) atoms. The van der Waals surface area contributed by atoms with Gasteiger partial charge in [0.2, 0.25) is 5.95 Å². The molecule has 1 unspecified atom stereocenters. The zero-order valence-corrected chi connectivity index (χ0v) is 8.55. The maximum atomic E-state index is 8.68. The van der Waals surface area contributed by atoms with Crippen molar-refractivity contribution in [3.05, 3.63) is 30.1 Å². The van der Waals surface area contributed by atoms with Crippen molar-refractivity contribution >= 4 is 5.95 Å². The first-order chi connectivity index (χ1) is 7.79. The average molecular weight is 215 g/mol. The van der Waals surface area contributed by atoms with Crippen molar-refractivity contribution < 1.29 is 0 Å². The third kappa shape index (κ3) is 2.12. The van der Waals surface area contributed by atoms with E-state index < -0.39 is 0 Å². The standard InChI is InChI=1S/C9H9N7/c1-6(8-12-5-13-16-8)14-9-11-3-2-7(4-10)15-9/h2-3,5-6H,1H3,(H,11,14,15)(H,12,13,16). The first-order valence-corrected chi connectivity index (χ1v) is 4.64. The molecule has 0 saturated heterocycles. The Morgan fingerprint density at radius 1 is 1.50 bits per heavy atom. The lowest BCUT2D eigenvalue weighted by Crippen LogP contribution is -2.11. The molecular formula is C9H9N7. The minimum atomic E-state index is -0.101. The molecule has 0 saturated carbocycles. The molecule has 2 heterocycles. The second-order valence-corrected chi connectivity index (χ2v) is 3.11. The number of rotatable bonds is 3. The van der Waals surface area contributed by atoms with E-state index in [9.17, 15) is 0 Å². The summed E-state index contributed by atoms with van der Waals surface area (Å²) in [4.78, 5) is 12.0. The molecule has 2 aromatic rings. The van der Waals surface area contributed by atoms with Gasteiger partial charge >= 0.3 is 0 Å². The smallest absolute Gasteiger partial charge is 0.224 e. The van der Waals surface area contributed by atoms with Crippen LogP contribution in [0.4, 0.5) is 5.95 Å². The second-order valence-electron chi connectivity index (χ2n) is 3.11. The molecule has 2 N–H and O–H groups in total. The molecule has 0 bridgehead atoms. The molecule has 0 aromatic carbocycles. The van der Waals surface area contributed by atoms with Crippen LogP contribution in [0.15, 0.2) is 18.6 Å². The van der Waals surface area contributed by atoms with Crippen LogP contribution in [0.3, 0.4) is 0 Å². The zero-order valence-electron chi connectivity index (χ0n) is 8.55. The fraction of sp³-hybridized carbons (Fsp3) is 0.222. The van der Waals surface area contributed by atoms with Gasteiger partial charge in [0.05, 0.1) is 6.04 Å². The number of hydrogen-bond acceptors (Lipinski definition) is 6. The third-order valence-electron chi connectivity index (χ3n) is 1.96. The van der Waals surface area contributed by atoms with Gasteiger partial charge in [-0.3, -0.25) is 5.10 Å². The Bertz CT molecular complexity index is 499. The highest BCUT2D eigenvalue weighted by molar-refractivity contribution is 5.31. The van der Waals surface area contributed by atoms with Gasteiger partial charge in [-0.05, 0) is 13.0 Å². The van der Waals surface area contributed by atoms with Crippen molar-refractivity contribution in [1.82, 2.24) is 25.1 Å². The van der Waals surface area contributed by atoms with Gasteiger partial charge in [0.15, 0.2) is 0 Å². The Hall–Kier alpha value is -2.49. The van der Waals surface area contributed by atoms with Gasteiger partial charge < -0.3 is 5.32 Å². The summed E-state index contributed by atoms with van der Waals surface area (Å²) in [7, 11) is 0. The molecule has 2 aromatic heterocycles. The number of nitrogens with zero attached hydrogens (tertiary/aromatic N) is 5. The number of nitrogens with one attached hydrogen (secondary N) is 2. The van der Waals surface area contributed by atoms with E-state index >= 15 is 0 Å². The monoisotopic (exact) mass is 215 g/mol. The fourth-order valence-corrected chi connectivity index (χ4v) is 1.18. The molecule has 0 aliphatic rings. The molecule has 1 atom stereocenters. The van der Waals surface area contributed by atoms with Crippen molar-refractivity contribution in [2.45, 2.75) is 13.0 Å². The maximum Gasteiger partial charge on any atom is 0.224 e. The minimum Gasteiger partial charge on any atom is -0.344 e. The summed E-state index contributed by atoms with van der Waals surface area (Å²) in [6, 6.07) is 3.39. The van der Waals surface area contributed by atoms with Crippen molar-refractivity contribution in [3.8, 4) is 6.07 Å². The Kier molecular flexibility index (Phi) is 2.73. The van der Waals surface area contributed by atoms with E-state index in [2.05, 4.69) is 30.5 Å². The molecule has 0 radical (unpaired) electrons. The number of H-pyrrole nitrogens is 1. The summed E-state index contributed by atoms with van der Waals surface area (Å²) < 4.78 is 0. The van der Waals surface area contributed by atoms with Gasteiger partial charge in [0.1, 0.15) is 23.9 Å². The number of hydrogen-bond donors (Lipinski definition) is 2. The third-order valence-corrected chi connectivity index (χ3v) is 1.96. The lowest BCUT2D eigenvalue weighted by atomic mass is 10.3. The first kappa shape index (κ1) is 10.0. The van der Waals surface area contributed by atoms with Crippen LogP contribution >= 0.6 is 0 Å². The largest absolute Gasteiger partial charge is 0.344 e. The highest BCUT2D eigenvalue weighted by Crippen LogP contribution is 2.11. The van der Waals surface area contributed by atoms with Crippen LogP contribution in [0.2, 0.25) is 0 Å². The first-order valence-electron chi connectivity index (χ1n) is 4.64. The summed E-state index contributed by atoms with van der Waals surface area (Å²) in [6.45, 7) is 1.89. The predicted molar refractivity (Wildman–Crippen MR) is 55.2 cm³/mol. The summed E-state index contributed by atoms with van der Waals surface area (Å²) in [5.41, 5.74) is 0.322. The molecule has 7 heteroatoms. The molecule has 0 amide bonds. The van der Waals surface area contributed by atoms with E-state index in [1.165, 1.54) is 12.5 Å². The van der Waals surface area contributed by atoms with Crippen LogP contribution in [-0.2, 0) is 0 Å². The van der Waals surface area contributed by atoms with Crippen LogP contribution in [0.5, 0.6) is 0 Å².